The summed E-state index contributed by atoms with van der Waals surface area (Å²) in [5, 5.41) is 3.96. The molecule has 0 aliphatic heterocycles. The minimum Gasteiger partial charge on any atom is -0.362 e. The predicted molar refractivity (Wildman–Crippen MR) is 54.0 cm³/mol. The van der Waals surface area contributed by atoms with Crippen molar-refractivity contribution in [3.63, 3.8) is 0 Å². The molecule has 0 bridgehead atoms. The second kappa shape index (κ2) is 3.93. The topological polar surface area (TPSA) is 22.2 Å². The quantitative estimate of drug-likeness (QED) is 0.684. The van der Waals surface area contributed by atoms with E-state index in [1.165, 1.54) is 16.9 Å². The second-order valence-electron chi connectivity index (χ2n) is 3.05. The van der Waals surface area contributed by atoms with Crippen LogP contribution in [0.2, 0.25) is 0 Å². The third-order valence-corrected chi connectivity index (χ3v) is 2.09. The van der Waals surface area contributed by atoms with Crippen molar-refractivity contribution in [2.45, 2.75) is 6.54 Å². The Kier molecular flexibility index (Phi) is 2.46. The fourth-order valence-electron chi connectivity index (χ4n) is 1.33. The lowest BCUT2D eigenvalue weighted by Gasteiger charge is -2.01. The fourth-order valence-corrected chi connectivity index (χ4v) is 1.33. The lowest BCUT2D eigenvalue weighted by molar-refractivity contribution is 0.588. The van der Waals surface area contributed by atoms with Crippen molar-refractivity contribution in [3.05, 3.63) is 59.3 Å². The average Bonchev–Trinajstić information content (AvgIpc) is 2.69. The van der Waals surface area contributed by atoms with Crippen LogP contribution in [0.15, 0.2) is 36.5 Å². The normalized spacial score (nSPS) is 9.87. The lowest BCUT2D eigenvalue weighted by atomic mass is 10.2. The summed E-state index contributed by atoms with van der Waals surface area (Å²) in [5.41, 5.74) is 0.533. The molecule has 0 saturated carbocycles. The monoisotopic (exact) mass is 201 g/mol. The molecule has 1 heterocycles. The summed E-state index contributed by atoms with van der Waals surface area (Å²) in [6.07, 6.45) is 1.54. The van der Waals surface area contributed by atoms with Crippen LogP contribution in [-0.2, 0) is 6.54 Å². The Balaban J connectivity index is 2.31. The van der Waals surface area contributed by atoms with Gasteiger partial charge in [0.15, 0.2) is 0 Å². The van der Waals surface area contributed by atoms with Crippen molar-refractivity contribution in [2.75, 3.05) is 0 Å². The van der Waals surface area contributed by atoms with E-state index in [0.717, 1.165) is 0 Å². The smallest absolute Gasteiger partial charge is 0.252 e. The first kappa shape index (κ1) is 9.41. The molecular weight excluding hydrogens is 193 g/mol. The van der Waals surface area contributed by atoms with Gasteiger partial charge in [-0.2, -0.15) is 4.68 Å². The van der Waals surface area contributed by atoms with Crippen LogP contribution in [0.1, 0.15) is 5.56 Å². The van der Waals surface area contributed by atoms with Crippen LogP contribution < -0.4 is 0 Å². The molecule has 2 rings (SSSR count). The zero-order valence-corrected chi connectivity index (χ0v) is 7.89. The van der Waals surface area contributed by atoms with E-state index < -0.39 is 0 Å². The zero-order chi connectivity index (χ0) is 10.7. The van der Waals surface area contributed by atoms with Gasteiger partial charge in [0.1, 0.15) is 12.4 Å². The minimum absolute atomic E-state index is 0.274. The average molecular weight is 201 g/mol. The first-order valence-corrected chi connectivity index (χ1v) is 4.44. The number of rotatable bonds is 2. The van der Waals surface area contributed by atoms with Crippen LogP contribution in [0.5, 0.6) is 0 Å². The van der Waals surface area contributed by atoms with Gasteiger partial charge in [0.25, 0.3) is 5.82 Å². The van der Waals surface area contributed by atoms with Gasteiger partial charge in [-0.25, -0.2) is 4.39 Å². The Hall–Kier alpha value is -2.15. The Bertz CT molecular complexity index is 511. The van der Waals surface area contributed by atoms with E-state index in [1.807, 2.05) is 0 Å². The third-order valence-electron chi connectivity index (χ3n) is 2.09. The van der Waals surface area contributed by atoms with E-state index >= 15 is 0 Å². The number of hydrogen-bond donors (Lipinski definition) is 0. The Morgan fingerprint density at radius 2 is 2.13 bits per heavy atom. The fraction of sp³-hybridized carbons (Fsp3) is 0.0909. The highest BCUT2D eigenvalue weighted by molar-refractivity contribution is 5.35. The molecule has 0 spiro atoms. The number of aromatic nitrogens is 2. The molecule has 0 N–H and O–H groups in total. The number of halogens is 1. The van der Waals surface area contributed by atoms with Gasteiger partial charge < -0.3 is 4.85 Å². The van der Waals surface area contributed by atoms with E-state index in [4.69, 9.17) is 6.57 Å². The zero-order valence-electron chi connectivity index (χ0n) is 7.89. The molecule has 0 atom stereocenters. The maximum atomic E-state index is 13.3. The largest absolute Gasteiger partial charge is 0.362 e. The molecule has 0 unspecified atom stereocenters. The van der Waals surface area contributed by atoms with Crippen molar-refractivity contribution in [3.8, 4) is 0 Å². The number of nitrogens with zero attached hydrogens (tertiary/aromatic N) is 3. The standard InChI is InChI=1S/C11H8FN3/c1-13-11-6-7-14-15(11)8-9-4-2-3-5-10(9)12/h2-7H,8H2. The predicted octanol–water partition coefficient (Wildman–Crippen LogP) is 2.62. The van der Waals surface area contributed by atoms with Crippen LogP contribution in [0.3, 0.4) is 0 Å². The van der Waals surface area contributed by atoms with Gasteiger partial charge in [0, 0.05) is 5.56 Å². The van der Waals surface area contributed by atoms with E-state index in [9.17, 15) is 4.39 Å². The van der Waals surface area contributed by atoms with Crippen molar-refractivity contribution < 1.29 is 4.39 Å². The molecular formula is C11H8FN3. The highest BCUT2D eigenvalue weighted by atomic mass is 19.1. The summed E-state index contributed by atoms with van der Waals surface area (Å²) in [4.78, 5) is 3.28. The molecule has 1 aromatic heterocycles. The summed E-state index contributed by atoms with van der Waals surface area (Å²) >= 11 is 0. The Morgan fingerprint density at radius 3 is 2.87 bits per heavy atom. The van der Waals surface area contributed by atoms with Crippen molar-refractivity contribution >= 4 is 5.82 Å². The molecule has 0 saturated heterocycles. The molecule has 0 aliphatic carbocycles. The van der Waals surface area contributed by atoms with E-state index in [-0.39, 0.29) is 12.4 Å². The molecule has 2 aromatic rings. The number of benzene rings is 1. The molecule has 74 valence electrons. The van der Waals surface area contributed by atoms with Gasteiger partial charge in [-0.15, -0.1) is 5.10 Å². The van der Waals surface area contributed by atoms with Gasteiger partial charge in [0.05, 0.1) is 6.20 Å². The summed E-state index contributed by atoms with van der Waals surface area (Å²) in [6, 6.07) is 8.09. The maximum Gasteiger partial charge on any atom is 0.252 e. The molecule has 1 aromatic carbocycles. The number of hydrogen-bond acceptors (Lipinski definition) is 1. The first-order chi connectivity index (χ1) is 7.31. The van der Waals surface area contributed by atoms with Crippen molar-refractivity contribution in [1.82, 2.24) is 9.78 Å². The van der Waals surface area contributed by atoms with Gasteiger partial charge in [-0.05, 0) is 12.1 Å². The molecule has 0 radical (unpaired) electrons. The van der Waals surface area contributed by atoms with Crippen molar-refractivity contribution in [1.29, 1.82) is 0 Å². The van der Waals surface area contributed by atoms with E-state index in [1.54, 1.807) is 24.3 Å². The first-order valence-electron chi connectivity index (χ1n) is 4.44. The molecule has 4 heteroatoms. The third kappa shape index (κ3) is 1.86. The maximum absolute atomic E-state index is 13.3. The highest BCUT2D eigenvalue weighted by Crippen LogP contribution is 2.14. The molecule has 0 fully saturated rings. The SMILES string of the molecule is [C-]#[N+]c1ccnn1Cc1ccccc1F. The molecule has 3 nitrogen and oxygen atoms in total. The van der Waals surface area contributed by atoms with Gasteiger partial charge >= 0.3 is 0 Å². The van der Waals surface area contributed by atoms with Crippen LogP contribution >= 0.6 is 0 Å². The summed E-state index contributed by atoms with van der Waals surface area (Å²) in [5.74, 6) is 0.141. The molecule has 0 amide bonds. The Labute approximate surface area is 86.6 Å². The molecule has 15 heavy (non-hydrogen) atoms. The highest BCUT2D eigenvalue weighted by Gasteiger charge is 2.07. The summed E-state index contributed by atoms with van der Waals surface area (Å²) < 4.78 is 14.8. The minimum atomic E-state index is -0.274. The van der Waals surface area contributed by atoms with Crippen LogP contribution in [0.25, 0.3) is 4.85 Å². The summed E-state index contributed by atoms with van der Waals surface area (Å²) in [6.45, 7) is 7.18. The molecule has 0 aliphatic rings. The van der Waals surface area contributed by atoms with Gasteiger partial charge in [0.2, 0.25) is 0 Å². The van der Waals surface area contributed by atoms with Gasteiger partial charge in [-0.3, -0.25) is 0 Å². The van der Waals surface area contributed by atoms with Crippen LogP contribution in [0, 0.1) is 12.4 Å². The lowest BCUT2D eigenvalue weighted by Crippen LogP contribution is -2.02. The second-order valence-corrected chi connectivity index (χ2v) is 3.05. The van der Waals surface area contributed by atoms with Gasteiger partial charge in [-0.1, -0.05) is 24.8 Å². The van der Waals surface area contributed by atoms with Crippen molar-refractivity contribution in [2.24, 2.45) is 0 Å². The van der Waals surface area contributed by atoms with E-state index in [0.29, 0.717) is 11.4 Å². The van der Waals surface area contributed by atoms with E-state index in [2.05, 4.69) is 9.94 Å². The summed E-state index contributed by atoms with van der Waals surface area (Å²) in [7, 11) is 0. The van der Waals surface area contributed by atoms with Crippen LogP contribution in [-0.4, -0.2) is 9.78 Å². The van der Waals surface area contributed by atoms with Crippen LogP contribution in [0.4, 0.5) is 10.2 Å². The Morgan fingerprint density at radius 1 is 1.33 bits per heavy atom.